The number of nitrogens with zero attached hydrogens (tertiary/aromatic N) is 4. The van der Waals surface area contributed by atoms with Crippen LogP contribution in [0.4, 0.5) is 5.69 Å². The number of benzene rings is 2. The van der Waals surface area contributed by atoms with Crippen LogP contribution < -0.4 is 5.32 Å². The fourth-order valence-electron chi connectivity index (χ4n) is 2.78. The lowest BCUT2D eigenvalue weighted by Crippen LogP contribution is -2.14. The normalized spacial score (nSPS) is 10.7. The van der Waals surface area contributed by atoms with Gasteiger partial charge in [0, 0.05) is 22.5 Å². The lowest BCUT2D eigenvalue weighted by atomic mass is 10.2. The average Bonchev–Trinajstić information content (AvgIpc) is 3.49. The van der Waals surface area contributed by atoms with Crippen molar-refractivity contribution in [3.05, 3.63) is 71.5 Å². The van der Waals surface area contributed by atoms with E-state index in [0.29, 0.717) is 21.8 Å². The van der Waals surface area contributed by atoms with Crippen LogP contribution in [-0.2, 0) is 9.53 Å². The van der Waals surface area contributed by atoms with Gasteiger partial charge in [0.05, 0.1) is 18.0 Å². The fraction of sp³-hybridized carbons (Fsp3) is 0.136. The average molecular weight is 484 g/mol. The Hall–Kier alpha value is -3.63. The van der Waals surface area contributed by atoms with Gasteiger partial charge in [-0.15, -0.1) is 10.2 Å². The molecule has 2 aromatic carbocycles. The summed E-state index contributed by atoms with van der Waals surface area (Å²) in [7, 11) is 0. The highest BCUT2D eigenvalue weighted by Gasteiger charge is 2.13. The van der Waals surface area contributed by atoms with Crippen molar-refractivity contribution < 1.29 is 18.7 Å². The van der Waals surface area contributed by atoms with Crippen LogP contribution in [0, 0.1) is 0 Å². The second kappa shape index (κ2) is 10.3. The number of anilines is 1. The molecule has 0 aliphatic rings. The summed E-state index contributed by atoms with van der Waals surface area (Å²) in [6.45, 7) is 2.02. The molecule has 2 heterocycles. The van der Waals surface area contributed by atoms with Crippen LogP contribution in [0.1, 0.15) is 17.4 Å². The highest BCUT2D eigenvalue weighted by Crippen LogP contribution is 2.24. The minimum Gasteiger partial charge on any atom is -0.461 e. The van der Waals surface area contributed by atoms with Crippen LogP contribution in [0.25, 0.3) is 17.1 Å². The number of aromatic nitrogens is 4. The molecule has 0 spiro atoms. The summed E-state index contributed by atoms with van der Waals surface area (Å²) in [6, 6.07) is 15.7. The van der Waals surface area contributed by atoms with E-state index in [1.165, 1.54) is 0 Å². The molecule has 0 radical (unpaired) electrons. The van der Waals surface area contributed by atoms with Gasteiger partial charge >= 0.3 is 5.97 Å². The van der Waals surface area contributed by atoms with Gasteiger partial charge in [0.15, 0.2) is 5.69 Å². The monoisotopic (exact) mass is 483 g/mol. The van der Waals surface area contributed by atoms with Crippen molar-refractivity contribution in [3.63, 3.8) is 0 Å². The number of halogens is 1. The SMILES string of the molecule is CCOC(=O)c1ccn(-c2ccc(NC(=O)CSc3nnc(-c4ccc(Cl)cc4)o3)cc2)n1. The Morgan fingerprint density at radius 1 is 1.09 bits per heavy atom. The predicted molar refractivity (Wildman–Crippen MR) is 124 cm³/mol. The van der Waals surface area contributed by atoms with Gasteiger partial charge in [0.1, 0.15) is 0 Å². The number of esters is 1. The first-order valence-electron chi connectivity index (χ1n) is 9.87. The quantitative estimate of drug-likeness (QED) is 0.288. The van der Waals surface area contributed by atoms with Gasteiger partial charge in [0.25, 0.3) is 5.22 Å². The summed E-state index contributed by atoms with van der Waals surface area (Å²) in [5.41, 5.74) is 2.33. The van der Waals surface area contributed by atoms with Crippen LogP contribution in [0.2, 0.25) is 5.02 Å². The van der Waals surface area contributed by atoms with Crippen molar-refractivity contribution in [3.8, 4) is 17.1 Å². The van der Waals surface area contributed by atoms with Crippen LogP contribution in [0.5, 0.6) is 0 Å². The van der Waals surface area contributed by atoms with Gasteiger partial charge in [-0.2, -0.15) is 5.10 Å². The van der Waals surface area contributed by atoms with Crippen molar-refractivity contribution in [2.24, 2.45) is 0 Å². The number of hydrogen-bond donors (Lipinski definition) is 1. The fourth-order valence-corrected chi connectivity index (χ4v) is 3.47. The third kappa shape index (κ3) is 5.79. The summed E-state index contributed by atoms with van der Waals surface area (Å²) in [4.78, 5) is 24.0. The van der Waals surface area contributed by atoms with Crippen LogP contribution in [0.3, 0.4) is 0 Å². The molecule has 0 aliphatic carbocycles. The van der Waals surface area contributed by atoms with Crippen molar-refractivity contribution in [2.45, 2.75) is 12.1 Å². The van der Waals surface area contributed by atoms with Gasteiger partial charge in [-0.05, 0) is 61.5 Å². The third-order valence-electron chi connectivity index (χ3n) is 4.31. The van der Waals surface area contributed by atoms with Gasteiger partial charge in [-0.25, -0.2) is 9.48 Å². The summed E-state index contributed by atoms with van der Waals surface area (Å²) in [5.74, 6) is -0.233. The number of thioether (sulfide) groups is 1. The van der Waals surface area contributed by atoms with Gasteiger partial charge in [-0.3, -0.25) is 4.79 Å². The van der Waals surface area contributed by atoms with Crippen molar-refractivity contribution in [2.75, 3.05) is 17.7 Å². The maximum atomic E-state index is 12.3. The number of rotatable bonds is 8. The maximum Gasteiger partial charge on any atom is 0.358 e. The number of amides is 1. The minimum atomic E-state index is -0.473. The zero-order valence-electron chi connectivity index (χ0n) is 17.4. The Balaban J connectivity index is 1.30. The number of hydrogen-bond acceptors (Lipinski definition) is 8. The molecule has 1 N–H and O–H groups in total. The van der Waals surface area contributed by atoms with Gasteiger partial charge in [0.2, 0.25) is 11.8 Å². The first kappa shape index (κ1) is 22.6. The largest absolute Gasteiger partial charge is 0.461 e. The molecule has 0 atom stereocenters. The molecule has 0 saturated carbocycles. The first-order valence-corrected chi connectivity index (χ1v) is 11.2. The maximum absolute atomic E-state index is 12.3. The summed E-state index contributed by atoms with van der Waals surface area (Å²) in [6.07, 6.45) is 1.67. The van der Waals surface area contributed by atoms with Gasteiger partial charge < -0.3 is 14.5 Å². The van der Waals surface area contributed by atoms with E-state index in [2.05, 4.69) is 20.6 Å². The van der Waals surface area contributed by atoms with Gasteiger partial charge in [-0.1, -0.05) is 23.4 Å². The molecule has 2 aromatic heterocycles. The summed E-state index contributed by atoms with van der Waals surface area (Å²) >= 11 is 7.02. The van der Waals surface area contributed by atoms with Crippen molar-refractivity contribution in [1.82, 2.24) is 20.0 Å². The molecule has 0 fully saturated rings. The molecular weight excluding hydrogens is 466 g/mol. The lowest BCUT2D eigenvalue weighted by Gasteiger charge is -2.06. The standard InChI is InChI=1S/C22H18ClN5O4S/c1-2-31-21(30)18-11-12-28(27-18)17-9-7-16(8-10-17)24-19(29)13-33-22-26-25-20(32-22)14-3-5-15(23)6-4-14/h3-12H,2,13H2,1H3,(H,24,29). The second-order valence-corrected chi connectivity index (χ2v) is 7.99. The van der Waals surface area contributed by atoms with Crippen molar-refractivity contribution in [1.29, 1.82) is 0 Å². The van der Waals surface area contributed by atoms with Crippen LogP contribution in [-0.4, -0.2) is 44.2 Å². The molecule has 9 nitrogen and oxygen atoms in total. The molecule has 0 aliphatic heterocycles. The van der Waals surface area contributed by atoms with Crippen molar-refractivity contribution >= 4 is 40.9 Å². The van der Waals surface area contributed by atoms with E-state index < -0.39 is 5.97 Å². The molecule has 11 heteroatoms. The van der Waals surface area contributed by atoms with E-state index in [4.69, 9.17) is 20.8 Å². The summed E-state index contributed by atoms with van der Waals surface area (Å²) < 4.78 is 12.1. The molecule has 0 saturated heterocycles. The molecule has 0 bridgehead atoms. The van der Waals surface area contributed by atoms with E-state index in [-0.39, 0.29) is 24.0 Å². The lowest BCUT2D eigenvalue weighted by molar-refractivity contribution is -0.113. The van der Waals surface area contributed by atoms with E-state index in [9.17, 15) is 9.59 Å². The molecule has 1 amide bonds. The Kier molecular flexibility index (Phi) is 7.06. The van der Waals surface area contributed by atoms with E-state index >= 15 is 0 Å². The number of nitrogens with one attached hydrogen (secondary N) is 1. The third-order valence-corrected chi connectivity index (χ3v) is 5.38. The summed E-state index contributed by atoms with van der Waals surface area (Å²) in [5, 5.41) is 15.9. The Labute approximate surface area is 198 Å². The number of carbonyl (C=O) groups is 2. The molecular formula is C22H18ClN5O4S. The first-order chi connectivity index (χ1) is 16.0. The van der Waals surface area contributed by atoms with Crippen LogP contribution >= 0.6 is 23.4 Å². The smallest absolute Gasteiger partial charge is 0.358 e. The number of carbonyl (C=O) groups excluding carboxylic acids is 2. The molecule has 0 unspecified atom stereocenters. The Bertz CT molecular complexity index is 1250. The topological polar surface area (TPSA) is 112 Å². The molecule has 4 aromatic rings. The minimum absolute atomic E-state index is 0.103. The van der Waals surface area contributed by atoms with E-state index in [1.807, 2.05) is 0 Å². The Morgan fingerprint density at radius 2 is 1.85 bits per heavy atom. The zero-order valence-corrected chi connectivity index (χ0v) is 19.0. The highest BCUT2D eigenvalue weighted by atomic mass is 35.5. The molecule has 4 rings (SSSR count). The van der Waals surface area contributed by atoms with Crippen LogP contribution in [0.15, 0.2) is 70.4 Å². The Morgan fingerprint density at radius 3 is 2.58 bits per heavy atom. The zero-order chi connectivity index (χ0) is 23.2. The molecule has 168 valence electrons. The second-order valence-electron chi connectivity index (χ2n) is 6.63. The van der Waals surface area contributed by atoms with E-state index in [1.54, 1.807) is 72.4 Å². The molecule has 33 heavy (non-hydrogen) atoms. The predicted octanol–water partition coefficient (Wildman–Crippen LogP) is 4.48. The van der Waals surface area contributed by atoms with E-state index in [0.717, 1.165) is 23.0 Å². The highest BCUT2D eigenvalue weighted by molar-refractivity contribution is 7.99. The number of ether oxygens (including phenoxy) is 1.